The summed E-state index contributed by atoms with van der Waals surface area (Å²) >= 11 is 1.25. The summed E-state index contributed by atoms with van der Waals surface area (Å²) in [6.07, 6.45) is 0. The summed E-state index contributed by atoms with van der Waals surface area (Å²) in [6, 6.07) is 4.50. The molecule has 1 aromatic heterocycles. The van der Waals surface area contributed by atoms with E-state index in [1.807, 2.05) is 0 Å². The van der Waals surface area contributed by atoms with Gasteiger partial charge in [-0.25, -0.2) is 4.68 Å². The average molecular weight is 238 g/mol. The molecule has 0 bridgehead atoms. The number of benzene rings is 1. The standard InChI is InChI=1S/C9H10N4O2S/c1-5-11-12-9(13(5)10)16-6-2-3-7(14)8(15)4-6/h2-4,14-15H,10H2,1H3. The Balaban J connectivity index is 2.27. The van der Waals surface area contributed by atoms with E-state index < -0.39 is 0 Å². The lowest BCUT2D eigenvalue weighted by Gasteiger charge is -2.02. The van der Waals surface area contributed by atoms with Gasteiger partial charge in [-0.05, 0) is 36.9 Å². The van der Waals surface area contributed by atoms with Gasteiger partial charge in [-0.3, -0.25) is 0 Å². The molecule has 16 heavy (non-hydrogen) atoms. The zero-order valence-corrected chi connectivity index (χ0v) is 9.27. The molecule has 0 unspecified atom stereocenters. The van der Waals surface area contributed by atoms with Gasteiger partial charge in [0.05, 0.1) is 0 Å². The van der Waals surface area contributed by atoms with Crippen LogP contribution in [0.15, 0.2) is 28.3 Å². The molecule has 0 atom stereocenters. The van der Waals surface area contributed by atoms with Gasteiger partial charge in [-0.15, -0.1) is 10.2 Å². The van der Waals surface area contributed by atoms with Crippen LogP contribution < -0.4 is 5.84 Å². The number of aromatic nitrogens is 3. The quantitative estimate of drug-likeness (QED) is 0.530. The third-order valence-electron chi connectivity index (χ3n) is 1.99. The number of hydrogen-bond acceptors (Lipinski definition) is 6. The van der Waals surface area contributed by atoms with Crippen molar-refractivity contribution in [3.8, 4) is 11.5 Å². The number of phenols is 2. The normalized spacial score (nSPS) is 10.6. The maximum Gasteiger partial charge on any atom is 0.214 e. The van der Waals surface area contributed by atoms with Crippen molar-refractivity contribution >= 4 is 11.8 Å². The lowest BCUT2D eigenvalue weighted by atomic mass is 10.3. The minimum atomic E-state index is -0.176. The van der Waals surface area contributed by atoms with Crippen LogP contribution in [0.4, 0.5) is 0 Å². The van der Waals surface area contributed by atoms with Gasteiger partial charge in [-0.1, -0.05) is 0 Å². The Bertz CT molecular complexity index is 526. The minimum Gasteiger partial charge on any atom is -0.504 e. The molecule has 0 aliphatic rings. The highest BCUT2D eigenvalue weighted by molar-refractivity contribution is 7.99. The van der Waals surface area contributed by atoms with Crippen LogP contribution in [-0.2, 0) is 0 Å². The number of rotatable bonds is 2. The monoisotopic (exact) mass is 238 g/mol. The van der Waals surface area contributed by atoms with E-state index in [2.05, 4.69) is 10.2 Å². The van der Waals surface area contributed by atoms with Crippen LogP contribution in [0.1, 0.15) is 5.82 Å². The van der Waals surface area contributed by atoms with E-state index in [0.717, 1.165) is 4.90 Å². The fraction of sp³-hybridized carbons (Fsp3) is 0.111. The summed E-state index contributed by atoms with van der Waals surface area (Å²) in [5, 5.41) is 26.7. The number of aryl methyl sites for hydroxylation is 1. The largest absolute Gasteiger partial charge is 0.504 e. The van der Waals surface area contributed by atoms with Crippen LogP contribution in [0.3, 0.4) is 0 Å². The predicted molar refractivity (Wildman–Crippen MR) is 58.8 cm³/mol. The van der Waals surface area contributed by atoms with Crippen LogP contribution in [0.5, 0.6) is 11.5 Å². The molecule has 0 saturated heterocycles. The van der Waals surface area contributed by atoms with Crippen LogP contribution in [-0.4, -0.2) is 25.1 Å². The van der Waals surface area contributed by atoms with Gasteiger partial charge in [0.25, 0.3) is 0 Å². The molecule has 7 heteroatoms. The molecule has 1 aromatic carbocycles. The van der Waals surface area contributed by atoms with Crippen LogP contribution in [0, 0.1) is 6.92 Å². The highest BCUT2D eigenvalue weighted by atomic mass is 32.2. The molecule has 0 amide bonds. The Morgan fingerprint density at radius 2 is 2.00 bits per heavy atom. The fourth-order valence-corrected chi connectivity index (χ4v) is 1.92. The zero-order chi connectivity index (χ0) is 11.7. The van der Waals surface area contributed by atoms with Crippen LogP contribution in [0.25, 0.3) is 0 Å². The fourth-order valence-electron chi connectivity index (χ4n) is 1.09. The molecule has 0 aliphatic carbocycles. The smallest absolute Gasteiger partial charge is 0.214 e. The molecule has 84 valence electrons. The molecule has 4 N–H and O–H groups in total. The summed E-state index contributed by atoms with van der Waals surface area (Å²) in [6.45, 7) is 1.74. The lowest BCUT2D eigenvalue weighted by molar-refractivity contribution is 0.402. The molecule has 1 heterocycles. The SMILES string of the molecule is Cc1nnc(Sc2ccc(O)c(O)c2)n1N. The van der Waals surface area contributed by atoms with Crippen LogP contribution in [0.2, 0.25) is 0 Å². The average Bonchev–Trinajstić information content (AvgIpc) is 2.55. The molecule has 0 aliphatic heterocycles. The highest BCUT2D eigenvalue weighted by Crippen LogP contribution is 2.32. The molecular formula is C9H10N4O2S. The molecule has 0 fully saturated rings. The zero-order valence-electron chi connectivity index (χ0n) is 8.45. The molecule has 0 spiro atoms. The Morgan fingerprint density at radius 1 is 1.25 bits per heavy atom. The van der Waals surface area contributed by atoms with Gasteiger partial charge in [0, 0.05) is 4.90 Å². The van der Waals surface area contributed by atoms with E-state index in [9.17, 15) is 5.11 Å². The first kappa shape index (κ1) is 10.6. The second-order valence-electron chi connectivity index (χ2n) is 3.15. The Labute approximate surface area is 95.7 Å². The molecule has 6 nitrogen and oxygen atoms in total. The van der Waals surface area contributed by atoms with Gasteiger partial charge >= 0.3 is 0 Å². The van der Waals surface area contributed by atoms with Gasteiger partial charge in [0.1, 0.15) is 5.82 Å². The maximum atomic E-state index is 9.32. The number of aromatic hydroxyl groups is 2. The van der Waals surface area contributed by atoms with Crippen molar-refractivity contribution in [2.45, 2.75) is 17.0 Å². The van der Waals surface area contributed by atoms with E-state index >= 15 is 0 Å². The first-order valence-corrected chi connectivity index (χ1v) is 5.26. The number of phenolic OH excluding ortho intramolecular Hbond substituents is 2. The highest BCUT2D eigenvalue weighted by Gasteiger charge is 2.09. The van der Waals surface area contributed by atoms with Gasteiger partial charge in [0.15, 0.2) is 11.5 Å². The second-order valence-corrected chi connectivity index (χ2v) is 4.19. The van der Waals surface area contributed by atoms with Gasteiger partial charge < -0.3 is 16.1 Å². The van der Waals surface area contributed by atoms with Crippen molar-refractivity contribution in [2.24, 2.45) is 0 Å². The van der Waals surface area contributed by atoms with E-state index in [-0.39, 0.29) is 11.5 Å². The number of nitrogens with two attached hydrogens (primary N) is 1. The van der Waals surface area contributed by atoms with E-state index in [4.69, 9.17) is 10.9 Å². The summed E-state index contributed by atoms with van der Waals surface area (Å²) < 4.78 is 1.36. The summed E-state index contributed by atoms with van der Waals surface area (Å²) in [7, 11) is 0. The van der Waals surface area contributed by atoms with E-state index in [1.54, 1.807) is 13.0 Å². The van der Waals surface area contributed by atoms with Crippen molar-refractivity contribution in [2.75, 3.05) is 5.84 Å². The Kier molecular flexibility index (Phi) is 2.61. The molecular weight excluding hydrogens is 228 g/mol. The molecule has 0 saturated carbocycles. The minimum absolute atomic E-state index is 0.158. The molecule has 2 aromatic rings. The van der Waals surface area contributed by atoms with Gasteiger partial charge in [-0.2, -0.15) is 0 Å². The van der Waals surface area contributed by atoms with Crippen LogP contribution >= 0.6 is 11.8 Å². The first-order chi connectivity index (χ1) is 7.58. The maximum absolute atomic E-state index is 9.32. The van der Waals surface area contributed by atoms with E-state index in [1.165, 1.54) is 28.6 Å². The third kappa shape index (κ3) is 1.89. The third-order valence-corrected chi connectivity index (χ3v) is 2.94. The van der Waals surface area contributed by atoms with Crippen molar-refractivity contribution < 1.29 is 10.2 Å². The Hall–Kier alpha value is -1.89. The number of hydrogen-bond donors (Lipinski definition) is 3. The van der Waals surface area contributed by atoms with Gasteiger partial charge in [0.2, 0.25) is 5.16 Å². The summed E-state index contributed by atoms with van der Waals surface area (Å²) in [5.74, 6) is 5.95. The van der Waals surface area contributed by atoms with Crippen molar-refractivity contribution in [1.29, 1.82) is 0 Å². The second kappa shape index (κ2) is 3.93. The predicted octanol–water partition coefficient (Wildman–Crippen LogP) is 0.863. The van der Waals surface area contributed by atoms with E-state index in [0.29, 0.717) is 11.0 Å². The molecule has 2 rings (SSSR count). The van der Waals surface area contributed by atoms with Crippen molar-refractivity contribution in [3.05, 3.63) is 24.0 Å². The van der Waals surface area contributed by atoms with Crippen molar-refractivity contribution in [1.82, 2.24) is 14.9 Å². The number of nitrogens with zero attached hydrogens (tertiary/aromatic N) is 3. The topological polar surface area (TPSA) is 97.2 Å². The molecule has 0 radical (unpaired) electrons. The first-order valence-electron chi connectivity index (χ1n) is 4.45. The summed E-state index contributed by atoms with van der Waals surface area (Å²) in [5.41, 5.74) is 0. The van der Waals surface area contributed by atoms with Crippen molar-refractivity contribution in [3.63, 3.8) is 0 Å². The Morgan fingerprint density at radius 3 is 2.56 bits per heavy atom. The lowest BCUT2D eigenvalue weighted by Crippen LogP contribution is -2.11. The summed E-state index contributed by atoms with van der Waals surface area (Å²) in [4.78, 5) is 0.717. The number of nitrogen functional groups attached to an aromatic ring is 1.